The van der Waals surface area contributed by atoms with Crippen LogP contribution in [0.25, 0.3) is 0 Å². The number of hydrogen-bond acceptors (Lipinski definition) is 2. The fourth-order valence-corrected chi connectivity index (χ4v) is 1.03. The second-order valence-corrected chi connectivity index (χ2v) is 2.71. The van der Waals surface area contributed by atoms with E-state index in [4.69, 9.17) is 0 Å². The minimum Gasteiger partial charge on any atom is -0.298 e. The van der Waals surface area contributed by atoms with Crippen LogP contribution in [0.15, 0.2) is 6.20 Å². The topological polar surface area (TPSA) is 30.0 Å². The third-order valence-electron chi connectivity index (χ3n) is 1.69. The van der Waals surface area contributed by atoms with E-state index in [1.54, 1.807) is 0 Å². The fraction of sp³-hybridized carbons (Fsp3) is 0.250. The van der Waals surface area contributed by atoms with Gasteiger partial charge in [0.05, 0.1) is 11.1 Å². The molecular formula is C8H3F6NO. The van der Waals surface area contributed by atoms with Gasteiger partial charge in [0, 0.05) is 6.20 Å². The summed E-state index contributed by atoms with van der Waals surface area (Å²) in [5.41, 5.74) is -4.87. The molecule has 1 heterocycles. The molecule has 8 heteroatoms. The number of alkyl halides is 5. The molecule has 0 aliphatic carbocycles. The third-order valence-corrected chi connectivity index (χ3v) is 1.69. The molecule has 88 valence electrons. The molecular weight excluding hydrogens is 240 g/mol. The molecule has 0 spiro atoms. The Bertz CT molecular complexity index is 414. The van der Waals surface area contributed by atoms with Crippen molar-refractivity contribution < 1.29 is 31.1 Å². The van der Waals surface area contributed by atoms with E-state index in [1.165, 1.54) is 0 Å². The van der Waals surface area contributed by atoms with E-state index >= 15 is 0 Å². The molecule has 0 saturated carbocycles. The summed E-state index contributed by atoms with van der Waals surface area (Å²) in [5.74, 6) is -1.90. The molecule has 0 amide bonds. The Morgan fingerprint density at radius 2 is 1.88 bits per heavy atom. The molecule has 0 aliphatic heterocycles. The van der Waals surface area contributed by atoms with Crippen LogP contribution in [0.4, 0.5) is 26.3 Å². The lowest BCUT2D eigenvalue weighted by Crippen LogP contribution is -2.15. The van der Waals surface area contributed by atoms with Crippen LogP contribution in [0.2, 0.25) is 0 Å². The maximum atomic E-state index is 13.1. The largest absolute Gasteiger partial charge is 0.433 e. The zero-order chi connectivity index (χ0) is 12.5. The van der Waals surface area contributed by atoms with E-state index in [0.29, 0.717) is 0 Å². The monoisotopic (exact) mass is 243 g/mol. The number of hydrogen-bond donors (Lipinski definition) is 0. The van der Waals surface area contributed by atoms with Gasteiger partial charge in [-0.1, -0.05) is 0 Å². The van der Waals surface area contributed by atoms with Crippen LogP contribution in [-0.2, 0) is 6.18 Å². The number of rotatable bonds is 2. The van der Waals surface area contributed by atoms with E-state index in [9.17, 15) is 31.1 Å². The van der Waals surface area contributed by atoms with Crippen molar-refractivity contribution in [3.63, 3.8) is 0 Å². The van der Waals surface area contributed by atoms with Crippen molar-refractivity contribution in [3.8, 4) is 0 Å². The summed E-state index contributed by atoms with van der Waals surface area (Å²) in [5, 5.41) is 0. The van der Waals surface area contributed by atoms with Gasteiger partial charge in [-0.3, -0.25) is 9.78 Å². The number of halogens is 6. The standard InChI is InChI=1S/C8H3F6NO/c9-5-3(2-16)1-15-6(8(12,13)14)4(5)7(10)11/h1-2,7H. The molecule has 1 rings (SSSR count). The first-order valence-electron chi connectivity index (χ1n) is 3.78. The van der Waals surface area contributed by atoms with Gasteiger partial charge < -0.3 is 0 Å². The second kappa shape index (κ2) is 4.11. The molecule has 16 heavy (non-hydrogen) atoms. The Balaban J connectivity index is 3.53. The van der Waals surface area contributed by atoms with Crippen molar-refractivity contribution in [1.29, 1.82) is 0 Å². The Labute approximate surface area is 84.9 Å². The first-order valence-corrected chi connectivity index (χ1v) is 3.78. The Hall–Kier alpha value is -1.60. The van der Waals surface area contributed by atoms with E-state index in [-0.39, 0.29) is 12.5 Å². The van der Waals surface area contributed by atoms with Crippen molar-refractivity contribution >= 4 is 6.29 Å². The molecule has 0 bridgehead atoms. The number of carbonyl (C=O) groups is 1. The van der Waals surface area contributed by atoms with Gasteiger partial charge in [0.2, 0.25) is 0 Å². The van der Waals surface area contributed by atoms with Gasteiger partial charge in [-0.05, 0) is 0 Å². The van der Waals surface area contributed by atoms with Gasteiger partial charge in [0.15, 0.2) is 12.0 Å². The lowest BCUT2D eigenvalue weighted by molar-refractivity contribution is -0.143. The Morgan fingerprint density at radius 1 is 1.31 bits per heavy atom. The molecule has 0 N–H and O–H groups in total. The Kier molecular flexibility index (Phi) is 3.20. The quantitative estimate of drug-likeness (QED) is 0.590. The summed E-state index contributed by atoms with van der Waals surface area (Å²) >= 11 is 0. The van der Waals surface area contributed by atoms with Gasteiger partial charge >= 0.3 is 6.18 Å². The summed E-state index contributed by atoms with van der Waals surface area (Å²) < 4.78 is 74.1. The molecule has 0 aromatic carbocycles. The zero-order valence-electron chi connectivity index (χ0n) is 7.36. The van der Waals surface area contributed by atoms with Crippen LogP contribution < -0.4 is 0 Å². The highest BCUT2D eigenvalue weighted by atomic mass is 19.4. The first-order chi connectivity index (χ1) is 7.29. The number of nitrogens with zero attached hydrogens (tertiary/aromatic N) is 1. The van der Waals surface area contributed by atoms with Crippen molar-refractivity contribution in [3.05, 3.63) is 28.8 Å². The van der Waals surface area contributed by atoms with Crippen molar-refractivity contribution in [2.75, 3.05) is 0 Å². The smallest absolute Gasteiger partial charge is 0.298 e. The van der Waals surface area contributed by atoms with Gasteiger partial charge in [-0.2, -0.15) is 13.2 Å². The molecule has 0 aliphatic rings. The molecule has 1 aromatic rings. The van der Waals surface area contributed by atoms with Crippen LogP contribution in [0.5, 0.6) is 0 Å². The SMILES string of the molecule is O=Cc1cnc(C(F)(F)F)c(C(F)F)c1F. The summed E-state index contributed by atoms with van der Waals surface area (Å²) in [6.45, 7) is 0. The van der Waals surface area contributed by atoms with Crippen molar-refractivity contribution in [2.24, 2.45) is 0 Å². The van der Waals surface area contributed by atoms with E-state index in [2.05, 4.69) is 4.98 Å². The predicted octanol–water partition coefficient (Wildman–Crippen LogP) is 2.99. The minimum absolute atomic E-state index is 0.186. The number of aromatic nitrogens is 1. The molecule has 0 atom stereocenters. The summed E-state index contributed by atoms with van der Waals surface area (Å²) in [7, 11) is 0. The summed E-state index contributed by atoms with van der Waals surface area (Å²) in [6, 6.07) is 0. The zero-order valence-corrected chi connectivity index (χ0v) is 7.36. The minimum atomic E-state index is -5.20. The highest BCUT2D eigenvalue weighted by Gasteiger charge is 2.40. The predicted molar refractivity (Wildman–Crippen MR) is 39.5 cm³/mol. The van der Waals surface area contributed by atoms with Gasteiger partial charge in [-0.25, -0.2) is 13.2 Å². The van der Waals surface area contributed by atoms with Gasteiger partial charge in [0.1, 0.15) is 5.82 Å². The summed E-state index contributed by atoms with van der Waals surface area (Å²) in [6.07, 6.45) is -8.83. The van der Waals surface area contributed by atoms with E-state index < -0.39 is 35.2 Å². The van der Waals surface area contributed by atoms with Crippen LogP contribution in [-0.4, -0.2) is 11.3 Å². The van der Waals surface area contributed by atoms with Crippen LogP contribution in [0.3, 0.4) is 0 Å². The van der Waals surface area contributed by atoms with Crippen LogP contribution in [0, 0.1) is 5.82 Å². The highest BCUT2D eigenvalue weighted by Crippen LogP contribution is 2.36. The average molecular weight is 243 g/mol. The third kappa shape index (κ3) is 2.15. The molecule has 0 radical (unpaired) electrons. The average Bonchev–Trinajstić information content (AvgIpc) is 2.15. The number of aldehydes is 1. The fourth-order valence-electron chi connectivity index (χ4n) is 1.03. The highest BCUT2D eigenvalue weighted by molar-refractivity contribution is 5.75. The lowest BCUT2D eigenvalue weighted by Gasteiger charge is -2.12. The van der Waals surface area contributed by atoms with Crippen molar-refractivity contribution in [2.45, 2.75) is 12.6 Å². The molecule has 2 nitrogen and oxygen atoms in total. The van der Waals surface area contributed by atoms with Crippen molar-refractivity contribution in [1.82, 2.24) is 4.98 Å². The Morgan fingerprint density at radius 3 is 2.25 bits per heavy atom. The number of carbonyl (C=O) groups excluding carboxylic acids is 1. The lowest BCUT2D eigenvalue weighted by atomic mass is 10.1. The maximum absolute atomic E-state index is 13.1. The van der Waals surface area contributed by atoms with Gasteiger partial charge in [-0.15, -0.1) is 0 Å². The van der Waals surface area contributed by atoms with Crippen LogP contribution in [0.1, 0.15) is 28.0 Å². The molecule has 0 unspecified atom stereocenters. The van der Waals surface area contributed by atoms with Gasteiger partial charge in [0.25, 0.3) is 6.43 Å². The number of pyridine rings is 1. The maximum Gasteiger partial charge on any atom is 0.433 e. The molecule has 1 aromatic heterocycles. The van der Waals surface area contributed by atoms with Crippen LogP contribution >= 0.6 is 0 Å². The van der Waals surface area contributed by atoms with E-state index in [0.717, 1.165) is 0 Å². The normalized spacial score (nSPS) is 11.9. The summed E-state index contributed by atoms with van der Waals surface area (Å²) in [4.78, 5) is 12.8. The van der Waals surface area contributed by atoms with E-state index in [1.807, 2.05) is 0 Å². The molecule has 0 saturated heterocycles. The second-order valence-electron chi connectivity index (χ2n) is 2.71. The first kappa shape index (κ1) is 12.5. The molecule has 0 fully saturated rings.